The fourth-order valence-corrected chi connectivity index (χ4v) is 7.98. The molecule has 0 N–H and O–H groups in total. The normalized spacial score (nSPS) is 12.9. The number of Topliss-reactive ketones (excluding diaryl/α,β-unsaturated/α-hetero) is 1. The molecule has 0 spiro atoms. The molecule has 0 unspecified atom stereocenters. The van der Waals surface area contributed by atoms with E-state index in [0.717, 1.165) is 57.0 Å². The van der Waals surface area contributed by atoms with Crippen molar-refractivity contribution in [3.8, 4) is 56.8 Å². The highest BCUT2D eigenvalue weighted by atomic mass is 28.3. The van der Waals surface area contributed by atoms with Crippen LogP contribution in [0.4, 0.5) is 5.82 Å². The summed E-state index contributed by atoms with van der Waals surface area (Å²) >= 11 is 0. The minimum absolute atomic E-state index is 0. The number of carbonyl (C=O) groups excluding carboxylic acids is 3. The van der Waals surface area contributed by atoms with Crippen molar-refractivity contribution >= 4 is 43.5 Å². The number of ketones is 1. The van der Waals surface area contributed by atoms with Crippen molar-refractivity contribution in [2.45, 2.75) is 46.0 Å². The molecule has 6 aromatic rings. The van der Waals surface area contributed by atoms with E-state index in [2.05, 4.69) is 39.6 Å². The second-order valence-corrected chi connectivity index (χ2v) is 22.1. The Balaban J connectivity index is 0.000000252. The fraction of sp³-hybridized carbons (Fsp3) is 0.288. The third-order valence-electron chi connectivity index (χ3n) is 10.8. The van der Waals surface area contributed by atoms with E-state index in [9.17, 15) is 14.4 Å². The van der Waals surface area contributed by atoms with E-state index in [-0.39, 0.29) is 27.3 Å². The van der Waals surface area contributed by atoms with Crippen molar-refractivity contribution in [2.24, 2.45) is 0 Å². The van der Waals surface area contributed by atoms with Gasteiger partial charge in [0.05, 0.1) is 61.2 Å². The first-order chi connectivity index (χ1) is 32.3. The maximum absolute atomic E-state index is 12.6. The van der Waals surface area contributed by atoms with Crippen LogP contribution in [0.25, 0.3) is 33.9 Å². The molecule has 1 aliphatic carbocycles. The molecule has 0 fully saturated rings. The molecule has 5 heterocycles. The number of hydrogen-bond acceptors (Lipinski definition) is 14. The van der Waals surface area contributed by atoms with Crippen LogP contribution < -0.4 is 33.3 Å². The number of pyridine rings is 4. The molecular formula is C52H61N5O10Si. The molecule has 0 saturated heterocycles. The Labute approximate surface area is 400 Å². The van der Waals surface area contributed by atoms with E-state index in [4.69, 9.17) is 33.2 Å². The lowest BCUT2D eigenvalue weighted by molar-refractivity contribution is -0.118. The second-order valence-electron chi connectivity index (χ2n) is 16.4. The monoisotopic (exact) mass is 944 g/mol. The van der Waals surface area contributed by atoms with Gasteiger partial charge in [0.15, 0.2) is 35.1 Å². The topological polar surface area (TPSA) is 171 Å². The standard InChI is InChI=1S/C23H20N2O4.C22H30N2O5Si.C6H5NO.CH4.H2/c1-27-21-9-15(10-22(28-2)23(21)29-3)16-8-17-18(7-14-5-4-6-24-12-14)20(26)11-19(17)25-13-16;1-26-18-10-15(11-19(27-2)21(18)28-3)17-9-16-12-20(25)24(22(16)23-13-17)14-29-7-8-30(4,5)6;8-5-6-2-1-3-7-4-6;;/h4-10,12-13H,11H2,1-3H3;9-11,13H,7-8,12,14H2,1-6H3;1-5H;1H4;1H/i;;;;1+1. The van der Waals surface area contributed by atoms with Crippen LogP contribution in [0, 0.1) is 0 Å². The summed E-state index contributed by atoms with van der Waals surface area (Å²) in [5.41, 5.74) is 8.11. The number of methoxy groups -OCH3 is 6. The summed E-state index contributed by atoms with van der Waals surface area (Å²) in [7, 11) is 8.30. The summed E-state index contributed by atoms with van der Waals surface area (Å²) in [5.74, 6) is 4.06. The molecule has 16 heteroatoms. The van der Waals surface area contributed by atoms with Gasteiger partial charge in [-0.15, -0.1) is 0 Å². The third-order valence-corrected chi connectivity index (χ3v) is 12.5. The number of ether oxygens (including phenoxy) is 7. The molecule has 0 bridgehead atoms. The van der Waals surface area contributed by atoms with Crippen molar-refractivity contribution in [2.75, 3.05) is 60.9 Å². The van der Waals surface area contributed by atoms with E-state index in [0.29, 0.717) is 70.9 Å². The van der Waals surface area contributed by atoms with Crippen molar-refractivity contribution < 1.29 is 49.0 Å². The van der Waals surface area contributed by atoms with Gasteiger partial charge in [-0.3, -0.25) is 34.2 Å². The first-order valence-electron chi connectivity index (χ1n) is 21.3. The van der Waals surface area contributed by atoms with E-state index in [1.807, 2.05) is 54.6 Å². The van der Waals surface area contributed by atoms with Gasteiger partial charge in [0, 0.05) is 86.7 Å². The molecule has 1 aliphatic heterocycles. The van der Waals surface area contributed by atoms with Crippen LogP contribution in [0.3, 0.4) is 0 Å². The molecule has 2 aliphatic rings. The summed E-state index contributed by atoms with van der Waals surface area (Å²) in [6.45, 7) is 7.82. The average Bonchev–Trinajstić information content (AvgIpc) is 3.84. The van der Waals surface area contributed by atoms with Gasteiger partial charge in [-0.25, -0.2) is 4.98 Å². The quantitative estimate of drug-likeness (QED) is 0.0413. The smallest absolute Gasteiger partial charge is 0.234 e. The van der Waals surface area contributed by atoms with Gasteiger partial charge in [-0.2, -0.15) is 0 Å². The Kier molecular flexibility index (Phi) is 18.1. The second kappa shape index (κ2) is 23.8. The van der Waals surface area contributed by atoms with Crippen LogP contribution in [0.15, 0.2) is 97.8 Å². The summed E-state index contributed by atoms with van der Waals surface area (Å²) in [4.78, 5) is 53.6. The minimum atomic E-state index is -1.16. The molecule has 358 valence electrons. The van der Waals surface area contributed by atoms with Gasteiger partial charge in [-0.05, 0) is 83.4 Å². The summed E-state index contributed by atoms with van der Waals surface area (Å²) in [5, 5.41) is 0. The van der Waals surface area contributed by atoms with Crippen LogP contribution in [-0.4, -0.2) is 102 Å². The van der Waals surface area contributed by atoms with Crippen LogP contribution >= 0.6 is 0 Å². The molecule has 2 aromatic carbocycles. The zero-order valence-electron chi connectivity index (χ0n) is 39.2. The highest BCUT2D eigenvalue weighted by Gasteiger charge is 2.30. The van der Waals surface area contributed by atoms with Crippen LogP contribution in [-0.2, 0) is 27.2 Å². The Morgan fingerprint density at radius 3 is 1.66 bits per heavy atom. The number of aldehydes is 1. The van der Waals surface area contributed by atoms with Gasteiger partial charge in [-0.1, -0.05) is 33.1 Å². The zero-order valence-corrected chi connectivity index (χ0v) is 40.2. The minimum Gasteiger partial charge on any atom is -0.493 e. The van der Waals surface area contributed by atoms with E-state index >= 15 is 0 Å². The number of aromatic nitrogens is 4. The number of nitrogens with zero attached hydrogens (tertiary/aromatic N) is 5. The maximum Gasteiger partial charge on any atom is 0.234 e. The predicted molar refractivity (Wildman–Crippen MR) is 268 cm³/mol. The fourth-order valence-electron chi connectivity index (χ4n) is 7.23. The SMILES string of the molecule is C.COc1cc(-c2cnc3c(c2)C(=Cc2cccnc2)C(=O)C3)cc(OC)c1OC.COc1cc(-c2cnc3c(c2)CC(=O)N3COCC[Si](C)(C)C)cc(OC)c1OC.O=Cc1cccnc1.[2HH]. The van der Waals surface area contributed by atoms with Crippen molar-refractivity contribution in [1.82, 2.24) is 19.9 Å². The molecule has 4 aromatic heterocycles. The number of allylic oxidation sites excluding steroid dienone is 1. The number of benzene rings is 2. The largest absolute Gasteiger partial charge is 0.493 e. The number of fused-ring (bicyclic) bond motifs is 2. The van der Waals surface area contributed by atoms with Crippen molar-refractivity contribution in [3.63, 3.8) is 0 Å². The van der Waals surface area contributed by atoms with Gasteiger partial charge >= 0.3 is 0 Å². The lowest BCUT2D eigenvalue weighted by Crippen LogP contribution is -2.31. The van der Waals surface area contributed by atoms with E-state index in [1.165, 1.54) is 6.20 Å². The van der Waals surface area contributed by atoms with Crippen LogP contribution in [0.5, 0.6) is 34.5 Å². The van der Waals surface area contributed by atoms with Crippen LogP contribution in [0.2, 0.25) is 25.7 Å². The van der Waals surface area contributed by atoms with Crippen LogP contribution in [0.1, 0.15) is 41.6 Å². The van der Waals surface area contributed by atoms with E-state index in [1.54, 1.807) is 90.7 Å². The molecule has 1 amide bonds. The van der Waals surface area contributed by atoms with Gasteiger partial charge in [0.25, 0.3) is 0 Å². The Bertz CT molecular complexity index is 2690. The first kappa shape index (κ1) is 51.5. The van der Waals surface area contributed by atoms with Crippen molar-refractivity contribution in [1.29, 1.82) is 0 Å². The average molecular weight is 945 g/mol. The lowest BCUT2D eigenvalue weighted by Gasteiger charge is -2.19. The maximum atomic E-state index is 12.6. The molecule has 8 rings (SSSR count). The number of hydrogen-bond donors (Lipinski definition) is 0. The zero-order chi connectivity index (χ0) is 48.1. The third kappa shape index (κ3) is 12.5. The molecule has 0 saturated carbocycles. The first-order valence-corrected chi connectivity index (χ1v) is 25.0. The van der Waals surface area contributed by atoms with Gasteiger partial charge < -0.3 is 33.2 Å². The van der Waals surface area contributed by atoms with Gasteiger partial charge in [0.2, 0.25) is 17.4 Å². The lowest BCUT2D eigenvalue weighted by atomic mass is 10.0. The molecular weight excluding hydrogens is 883 g/mol. The summed E-state index contributed by atoms with van der Waals surface area (Å²) in [6.07, 6.45) is 13.4. The number of anilines is 1. The highest BCUT2D eigenvalue weighted by molar-refractivity contribution is 6.76. The number of rotatable bonds is 15. The van der Waals surface area contributed by atoms with E-state index < -0.39 is 8.07 Å². The number of amides is 1. The summed E-state index contributed by atoms with van der Waals surface area (Å²) < 4.78 is 38.4. The highest BCUT2D eigenvalue weighted by Crippen LogP contribution is 2.43. The summed E-state index contributed by atoms with van der Waals surface area (Å²) in [6, 6.07) is 19.7. The molecule has 0 atom stereocenters. The predicted octanol–water partition coefficient (Wildman–Crippen LogP) is 9.59. The Hall–Kier alpha value is -7.43. The van der Waals surface area contributed by atoms with Gasteiger partial charge in [0.1, 0.15) is 12.5 Å². The Morgan fingerprint density at radius 1 is 0.662 bits per heavy atom. The Morgan fingerprint density at radius 2 is 1.19 bits per heavy atom. The molecule has 15 nitrogen and oxygen atoms in total. The molecule has 68 heavy (non-hydrogen) atoms. The molecule has 0 radical (unpaired) electrons. The van der Waals surface area contributed by atoms with Crippen molar-refractivity contribution in [3.05, 3.63) is 126 Å². The number of carbonyl (C=O) groups is 3.